The quantitative estimate of drug-likeness (QED) is 0.466. The van der Waals surface area contributed by atoms with E-state index in [1.165, 1.54) is 6.92 Å². The van der Waals surface area contributed by atoms with Crippen LogP contribution in [-0.4, -0.2) is 50.1 Å². The second kappa shape index (κ2) is 16.9. The molecule has 0 aliphatic heterocycles. The first-order valence-electron chi connectivity index (χ1n) is 7.51. The maximum absolute atomic E-state index is 10.4. The molecule has 0 radical (unpaired) electrons. The van der Waals surface area contributed by atoms with Crippen LogP contribution in [0.25, 0.3) is 0 Å². The predicted molar refractivity (Wildman–Crippen MR) is 80.3 cm³/mol. The molecule has 0 aliphatic carbocycles. The van der Waals surface area contributed by atoms with Crippen LogP contribution in [0.4, 0.5) is 0 Å². The van der Waals surface area contributed by atoms with Gasteiger partial charge in [-0.3, -0.25) is 9.59 Å². The molecule has 0 saturated carbocycles. The highest BCUT2D eigenvalue weighted by atomic mass is 16.6. The topological polar surface area (TPSA) is 82.1 Å². The van der Waals surface area contributed by atoms with Gasteiger partial charge in [0.25, 0.3) is 0 Å². The number of rotatable bonds is 11. The van der Waals surface area contributed by atoms with Crippen LogP contribution in [0.15, 0.2) is 0 Å². The van der Waals surface area contributed by atoms with Crippen LogP contribution >= 0.6 is 0 Å². The van der Waals surface area contributed by atoms with Crippen LogP contribution in [0.5, 0.6) is 0 Å². The Bertz CT molecular complexity index is 255. The molecule has 1 atom stereocenters. The maximum atomic E-state index is 10.4. The molecule has 0 aromatic carbocycles. The van der Waals surface area contributed by atoms with E-state index in [2.05, 4.69) is 11.7 Å². The second-order valence-electron chi connectivity index (χ2n) is 4.41. The molecule has 0 saturated heterocycles. The number of esters is 1. The van der Waals surface area contributed by atoms with E-state index in [-0.39, 0.29) is 11.9 Å². The van der Waals surface area contributed by atoms with E-state index >= 15 is 0 Å². The summed E-state index contributed by atoms with van der Waals surface area (Å²) >= 11 is 0. The Labute approximate surface area is 127 Å². The van der Waals surface area contributed by atoms with Gasteiger partial charge in [0, 0.05) is 20.1 Å². The number of carboxylic acids is 1. The zero-order valence-electron chi connectivity index (χ0n) is 13.7. The maximum Gasteiger partial charge on any atom is 0.308 e. The molecule has 0 heterocycles. The molecule has 0 bridgehead atoms. The van der Waals surface area contributed by atoms with E-state index in [0.717, 1.165) is 19.4 Å². The molecule has 0 aromatic rings. The average Bonchev–Trinajstić information content (AvgIpc) is 2.43. The Balaban J connectivity index is 0. The molecule has 0 spiro atoms. The standard InChI is InChI=1S/C8H16O3.C7H14O3/c1-3-4-5-10-6-7-11-8(2)9;1-3-6(7(8)9)5-10-4-2/h3-7H2,1-2H3;6H,3-5H2,1-2H3,(H,8,9). The van der Waals surface area contributed by atoms with Crippen LogP contribution in [-0.2, 0) is 23.8 Å². The molecule has 6 heteroatoms. The molecule has 0 fully saturated rings. The number of unbranched alkanes of at least 4 members (excludes halogenated alkanes) is 1. The first-order chi connectivity index (χ1) is 9.99. The minimum absolute atomic E-state index is 0.246. The summed E-state index contributed by atoms with van der Waals surface area (Å²) in [5.74, 6) is -1.35. The van der Waals surface area contributed by atoms with Gasteiger partial charge in [-0.2, -0.15) is 0 Å². The summed E-state index contributed by atoms with van der Waals surface area (Å²) in [6, 6.07) is 0. The number of ether oxygens (including phenoxy) is 3. The summed E-state index contributed by atoms with van der Waals surface area (Å²) in [6.07, 6.45) is 2.84. The minimum atomic E-state index is -0.768. The van der Waals surface area contributed by atoms with Crippen LogP contribution in [0.2, 0.25) is 0 Å². The van der Waals surface area contributed by atoms with Gasteiger partial charge in [-0.1, -0.05) is 20.3 Å². The van der Waals surface area contributed by atoms with Crippen molar-refractivity contribution in [2.24, 2.45) is 5.92 Å². The summed E-state index contributed by atoms with van der Waals surface area (Å²) in [6.45, 7) is 9.77. The molecule has 1 N–H and O–H groups in total. The van der Waals surface area contributed by atoms with Gasteiger partial charge in [-0.05, 0) is 19.8 Å². The molecule has 0 rings (SSSR count). The summed E-state index contributed by atoms with van der Waals surface area (Å²) in [4.78, 5) is 20.6. The Morgan fingerprint density at radius 2 is 1.71 bits per heavy atom. The van der Waals surface area contributed by atoms with E-state index in [0.29, 0.717) is 32.8 Å². The normalized spacial score (nSPS) is 11.2. The van der Waals surface area contributed by atoms with Gasteiger partial charge < -0.3 is 19.3 Å². The predicted octanol–water partition coefficient (Wildman–Crippen LogP) is 2.50. The van der Waals surface area contributed by atoms with Gasteiger partial charge in [-0.15, -0.1) is 0 Å². The van der Waals surface area contributed by atoms with Gasteiger partial charge in [0.05, 0.1) is 19.1 Å². The Kier molecular flexibility index (Phi) is 17.8. The zero-order chi connectivity index (χ0) is 16.5. The number of hydrogen-bond acceptors (Lipinski definition) is 5. The number of hydrogen-bond donors (Lipinski definition) is 1. The van der Waals surface area contributed by atoms with Gasteiger partial charge in [0.2, 0.25) is 0 Å². The van der Waals surface area contributed by atoms with E-state index < -0.39 is 5.97 Å². The molecular weight excluding hydrogens is 276 g/mol. The van der Waals surface area contributed by atoms with Crippen molar-refractivity contribution in [2.45, 2.75) is 47.0 Å². The Morgan fingerprint density at radius 1 is 1.05 bits per heavy atom. The highest BCUT2D eigenvalue weighted by Gasteiger charge is 2.13. The van der Waals surface area contributed by atoms with Crippen molar-refractivity contribution in [3.63, 3.8) is 0 Å². The Hall–Kier alpha value is -1.14. The van der Waals surface area contributed by atoms with E-state index in [1.54, 1.807) is 0 Å². The fourth-order valence-corrected chi connectivity index (χ4v) is 1.22. The average molecular weight is 306 g/mol. The third-order valence-corrected chi connectivity index (χ3v) is 2.54. The fourth-order valence-electron chi connectivity index (χ4n) is 1.22. The third-order valence-electron chi connectivity index (χ3n) is 2.54. The summed E-state index contributed by atoms with van der Waals surface area (Å²) in [5, 5.41) is 8.52. The smallest absolute Gasteiger partial charge is 0.308 e. The van der Waals surface area contributed by atoms with Crippen molar-refractivity contribution in [2.75, 3.05) is 33.0 Å². The lowest BCUT2D eigenvalue weighted by Gasteiger charge is -2.07. The third kappa shape index (κ3) is 18.9. The lowest BCUT2D eigenvalue weighted by Crippen LogP contribution is -2.18. The fraction of sp³-hybridized carbons (Fsp3) is 0.867. The highest BCUT2D eigenvalue weighted by molar-refractivity contribution is 5.69. The van der Waals surface area contributed by atoms with Crippen molar-refractivity contribution in [1.82, 2.24) is 0 Å². The monoisotopic (exact) mass is 306 g/mol. The minimum Gasteiger partial charge on any atom is -0.481 e. The van der Waals surface area contributed by atoms with Crippen LogP contribution in [0.1, 0.15) is 47.0 Å². The van der Waals surface area contributed by atoms with Gasteiger partial charge in [-0.25, -0.2) is 0 Å². The SMILES string of the molecule is CCCCOCCOC(C)=O.CCOCC(CC)C(=O)O. The lowest BCUT2D eigenvalue weighted by molar-refractivity contribution is -0.144. The molecule has 6 nitrogen and oxygen atoms in total. The first-order valence-corrected chi connectivity index (χ1v) is 7.51. The molecule has 1 unspecified atom stereocenters. The molecule has 126 valence electrons. The Morgan fingerprint density at radius 3 is 2.14 bits per heavy atom. The van der Waals surface area contributed by atoms with Crippen molar-refractivity contribution < 1.29 is 28.9 Å². The number of carbonyl (C=O) groups is 2. The van der Waals surface area contributed by atoms with Crippen LogP contribution in [0, 0.1) is 5.92 Å². The zero-order valence-corrected chi connectivity index (χ0v) is 13.7. The number of carbonyl (C=O) groups excluding carboxylic acids is 1. The van der Waals surface area contributed by atoms with E-state index in [4.69, 9.17) is 14.6 Å². The van der Waals surface area contributed by atoms with Gasteiger partial charge >= 0.3 is 11.9 Å². The summed E-state index contributed by atoms with van der Waals surface area (Å²) in [7, 11) is 0. The molecule has 0 aliphatic rings. The van der Waals surface area contributed by atoms with Crippen molar-refractivity contribution in [1.29, 1.82) is 0 Å². The van der Waals surface area contributed by atoms with E-state index in [1.807, 2.05) is 13.8 Å². The van der Waals surface area contributed by atoms with Gasteiger partial charge in [0.15, 0.2) is 0 Å². The largest absolute Gasteiger partial charge is 0.481 e. The molecule has 0 aromatic heterocycles. The van der Waals surface area contributed by atoms with Gasteiger partial charge in [0.1, 0.15) is 6.61 Å². The number of aliphatic carboxylic acids is 1. The number of carboxylic acid groups (broad SMARTS) is 1. The summed E-state index contributed by atoms with van der Waals surface area (Å²) in [5.41, 5.74) is 0. The molecule has 0 amide bonds. The highest BCUT2D eigenvalue weighted by Crippen LogP contribution is 2.02. The van der Waals surface area contributed by atoms with Crippen molar-refractivity contribution in [3.8, 4) is 0 Å². The van der Waals surface area contributed by atoms with Crippen molar-refractivity contribution >= 4 is 11.9 Å². The molecular formula is C15H30O6. The van der Waals surface area contributed by atoms with Crippen LogP contribution in [0.3, 0.4) is 0 Å². The van der Waals surface area contributed by atoms with E-state index in [9.17, 15) is 9.59 Å². The second-order valence-corrected chi connectivity index (χ2v) is 4.41. The van der Waals surface area contributed by atoms with Crippen LogP contribution < -0.4 is 0 Å². The van der Waals surface area contributed by atoms with Crippen molar-refractivity contribution in [3.05, 3.63) is 0 Å². The summed E-state index contributed by atoms with van der Waals surface area (Å²) < 4.78 is 14.8. The first kappa shape index (κ1) is 22.1. The molecule has 21 heavy (non-hydrogen) atoms. The lowest BCUT2D eigenvalue weighted by atomic mass is 10.1.